The van der Waals surface area contributed by atoms with Crippen molar-refractivity contribution < 1.29 is 13.2 Å². The average molecular weight is 427 g/mol. The van der Waals surface area contributed by atoms with E-state index in [1.807, 2.05) is 13.0 Å². The molecular weight excluding hydrogens is 407 g/mol. The summed E-state index contributed by atoms with van der Waals surface area (Å²) in [7, 11) is -3.58. The molecule has 8 heteroatoms. The number of benzene rings is 2. The third kappa shape index (κ3) is 4.29. The third-order valence-corrected chi connectivity index (χ3v) is 7.08. The summed E-state index contributed by atoms with van der Waals surface area (Å²) in [5.74, 6) is -0.206. The highest BCUT2D eigenvalue weighted by Gasteiger charge is 2.31. The zero-order chi connectivity index (χ0) is 19.8. The van der Waals surface area contributed by atoms with Gasteiger partial charge in [0.25, 0.3) is 5.91 Å². The molecule has 0 unspecified atom stereocenters. The van der Waals surface area contributed by atoms with Gasteiger partial charge in [0.05, 0.1) is 4.90 Å². The molecule has 0 aliphatic carbocycles. The second kappa shape index (κ2) is 7.80. The number of piperazine rings is 1. The van der Waals surface area contributed by atoms with Crippen LogP contribution in [0.3, 0.4) is 0 Å². The summed E-state index contributed by atoms with van der Waals surface area (Å²) in [4.78, 5) is 14.6. The monoisotopic (exact) mass is 426 g/mol. The molecule has 1 aliphatic heterocycles. The van der Waals surface area contributed by atoms with Crippen molar-refractivity contribution in [3.63, 3.8) is 0 Å². The van der Waals surface area contributed by atoms with Gasteiger partial charge in [-0.1, -0.05) is 40.9 Å². The first-order valence-electron chi connectivity index (χ1n) is 8.51. The summed E-state index contributed by atoms with van der Waals surface area (Å²) in [5.41, 5.74) is 2.14. The molecule has 0 aromatic heterocycles. The van der Waals surface area contributed by atoms with Crippen molar-refractivity contribution in [1.29, 1.82) is 0 Å². The molecule has 1 heterocycles. The molecule has 5 nitrogen and oxygen atoms in total. The van der Waals surface area contributed by atoms with Crippen LogP contribution in [0.25, 0.3) is 0 Å². The molecule has 3 rings (SSSR count). The van der Waals surface area contributed by atoms with Gasteiger partial charge in [0.1, 0.15) is 0 Å². The van der Waals surface area contributed by atoms with Gasteiger partial charge in [0.15, 0.2) is 0 Å². The Kier molecular flexibility index (Phi) is 5.82. The second-order valence-electron chi connectivity index (χ2n) is 6.62. The summed E-state index contributed by atoms with van der Waals surface area (Å²) >= 11 is 11.9. The van der Waals surface area contributed by atoms with Gasteiger partial charge in [0.2, 0.25) is 10.0 Å². The molecule has 2 aromatic carbocycles. The van der Waals surface area contributed by atoms with Crippen molar-refractivity contribution in [2.75, 3.05) is 26.2 Å². The average Bonchev–Trinajstić information content (AvgIpc) is 2.60. The maximum absolute atomic E-state index is 12.9. The number of carbonyl (C=O) groups excluding carboxylic acids is 1. The maximum Gasteiger partial charge on any atom is 0.254 e. The number of hydrogen-bond acceptors (Lipinski definition) is 3. The summed E-state index contributed by atoms with van der Waals surface area (Å²) < 4.78 is 27.3. The molecule has 0 bridgehead atoms. The molecule has 1 aliphatic rings. The van der Waals surface area contributed by atoms with E-state index in [-0.39, 0.29) is 19.0 Å². The van der Waals surface area contributed by atoms with Crippen LogP contribution in [0.4, 0.5) is 0 Å². The lowest BCUT2D eigenvalue weighted by Crippen LogP contribution is -2.50. The van der Waals surface area contributed by atoms with Gasteiger partial charge in [-0.3, -0.25) is 4.79 Å². The topological polar surface area (TPSA) is 57.7 Å². The zero-order valence-corrected chi connectivity index (χ0v) is 17.4. The van der Waals surface area contributed by atoms with E-state index < -0.39 is 10.0 Å². The number of hydrogen-bond donors (Lipinski definition) is 0. The fourth-order valence-electron chi connectivity index (χ4n) is 3.22. The molecule has 0 N–H and O–H groups in total. The van der Waals surface area contributed by atoms with E-state index in [0.29, 0.717) is 33.6 Å². The maximum atomic E-state index is 12.9. The third-order valence-electron chi connectivity index (χ3n) is 4.58. The Hall–Kier alpha value is -1.60. The van der Waals surface area contributed by atoms with Crippen LogP contribution in [0.1, 0.15) is 21.5 Å². The fraction of sp³-hybridized carbons (Fsp3) is 0.316. The van der Waals surface area contributed by atoms with Gasteiger partial charge >= 0.3 is 0 Å². The van der Waals surface area contributed by atoms with Crippen molar-refractivity contribution in [2.24, 2.45) is 0 Å². The van der Waals surface area contributed by atoms with Crippen LogP contribution >= 0.6 is 23.2 Å². The van der Waals surface area contributed by atoms with Crippen LogP contribution in [0.2, 0.25) is 10.0 Å². The van der Waals surface area contributed by atoms with Crippen molar-refractivity contribution in [1.82, 2.24) is 9.21 Å². The molecule has 1 saturated heterocycles. The predicted molar refractivity (Wildman–Crippen MR) is 107 cm³/mol. The molecule has 0 saturated carbocycles. The van der Waals surface area contributed by atoms with E-state index in [9.17, 15) is 13.2 Å². The highest BCUT2D eigenvalue weighted by molar-refractivity contribution is 7.89. The van der Waals surface area contributed by atoms with E-state index >= 15 is 0 Å². The normalized spacial score (nSPS) is 15.8. The minimum atomic E-state index is -3.58. The smallest absolute Gasteiger partial charge is 0.254 e. The Morgan fingerprint density at radius 2 is 1.52 bits per heavy atom. The van der Waals surface area contributed by atoms with E-state index in [1.165, 1.54) is 4.31 Å². The molecule has 0 radical (unpaired) electrons. The Morgan fingerprint density at radius 1 is 0.926 bits per heavy atom. The second-order valence-corrected chi connectivity index (χ2v) is 9.40. The predicted octanol–water partition coefficient (Wildman–Crippen LogP) is 3.76. The Morgan fingerprint density at radius 3 is 2.07 bits per heavy atom. The number of amides is 1. The molecule has 1 amide bonds. The van der Waals surface area contributed by atoms with Crippen LogP contribution in [-0.4, -0.2) is 49.7 Å². The van der Waals surface area contributed by atoms with E-state index in [2.05, 4.69) is 0 Å². The van der Waals surface area contributed by atoms with E-state index in [0.717, 1.165) is 11.1 Å². The summed E-state index contributed by atoms with van der Waals surface area (Å²) in [6.07, 6.45) is 0. The van der Waals surface area contributed by atoms with Crippen molar-refractivity contribution in [3.8, 4) is 0 Å². The molecule has 0 atom stereocenters. The molecule has 27 heavy (non-hydrogen) atoms. The van der Waals surface area contributed by atoms with Crippen LogP contribution in [0.5, 0.6) is 0 Å². The number of nitrogens with zero attached hydrogens (tertiary/aromatic N) is 2. The molecule has 2 aromatic rings. The van der Waals surface area contributed by atoms with Crippen LogP contribution < -0.4 is 0 Å². The minimum Gasteiger partial charge on any atom is -0.336 e. The van der Waals surface area contributed by atoms with Crippen LogP contribution in [-0.2, 0) is 10.0 Å². The SMILES string of the molecule is Cc1ccc(S(=O)(=O)N2CCN(C(=O)c3cc(Cl)cc(Cl)c3)CC2)c(C)c1. The van der Waals surface area contributed by atoms with E-state index in [1.54, 1.807) is 42.2 Å². The number of aryl methyl sites for hydroxylation is 2. The summed E-state index contributed by atoms with van der Waals surface area (Å²) in [6.45, 7) is 4.84. The highest BCUT2D eigenvalue weighted by atomic mass is 35.5. The lowest BCUT2D eigenvalue weighted by Gasteiger charge is -2.34. The van der Waals surface area contributed by atoms with Gasteiger partial charge in [-0.25, -0.2) is 8.42 Å². The van der Waals surface area contributed by atoms with Gasteiger partial charge in [0, 0.05) is 41.8 Å². The molecular formula is C19H20Cl2N2O3S. The van der Waals surface area contributed by atoms with Crippen LogP contribution in [0, 0.1) is 13.8 Å². The number of carbonyl (C=O) groups is 1. The van der Waals surface area contributed by atoms with Crippen molar-refractivity contribution in [2.45, 2.75) is 18.7 Å². The van der Waals surface area contributed by atoms with Crippen molar-refractivity contribution in [3.05, 3.63) is 63.1 Å². The standard InChI is InChI=1S/C19H20Cl2N2O3S/c1-13-3-4-18(14(2)9-13)27(25,26)23-7-5-22(6-8-23)19(24)15-10-16(20)12-17(21)11-15/h3-4,9-12H,5-8H2,1-2H3. The minimum absolute atomic E-state index is 0.206. The first-order valence-corrected chi connectivity index (χ1v) is 10.7. The Balaban J connectivity index is 1.73. The first kappa shape index (κ1) is 20.1. The largest absolute Gasteiger partial charge is 0.336 e. The summed E-state index contributed by atoms with van der Waals surface area (Å²) in [6, 6.07) is 9.99. The van der Waals surface area contributed by atoms with E-state index in [4.69, 9.17) is 23.2 Å². The Bertz CT molecular complexity index is 964. The number of sulfonamides is 1. The van der Waals surface area contributed by atoms with Gasteiger partial charge in [-0.05, 0) is 43.7 Å². The van der Waals surface area contributed by atoms with Crippen LogP contribution in [0.15, 0.2) is 41.3 Å². The zero-order valence-electron chi connectivity index (χ0n) is 15.1. The molecule has 144 valence electrons. The molecule has 1 fully saturated rings. The van der Waals surface area contributed by atoms with Crippen molar-refractivity contribution >= 4 is 39.1 Å². The fourth-order valence-corrected chi connectivity index (χ4v) is 5.37. The molecule has 0 spiro atoms. The highest BCUT2D eigenvalue weighted by Crippen LogP contribution is 2.24. The Labute approximate surface area is 169 Å². The summed E-state index contributed by atoms with van der Waals surface area (Å²) in [5, 5.41) is 0.781. The lowest BCUT2D eigenvalue weighted by atomic mass is 10.2. The van der Waals surface area contributed by atoms with Gasteiger partial charge in [-0.2, -0.15) is 4.31 Å². The first-order chi connectivity index (χ1) is 12.7. The number of rotatable bonds is 3. The quantitative estimate of drug-likeness (QED) is 0.750. The van der Waals surface area contributed by atoms with Gasteiger partial charge in [-0.15, -0.1) is 0 Å². The lowest BCUT2D eigenvalue weighted by molar-refractivity contribution is 0.0698. The number of halogens is 2. The van der Waals surface area contributed by atoms with Gasteiger partial charge < -0.3 is 4.90 Å².